The highest BCUT2D eigenvalue weighted by Crippen LogP contribution is 2.36. The quantitative estimate of drug-likeness (QED) is 0.452. The zero-order chi connectivity index (χ0) is 18.9. The summed E-state index contributed by atoms with van der Waals surface area (Å²) in [5, 5.41) is -0.0445. The van der Waals surface area contributed by atoms with Gasteiger partial charge in [-0.2, -0.15) is 4.98 Å². The van der Waals surface area contributed by atoms with E-state index in [1.54, 1.807) is 0 Å². The molecular formula is C18H15F2NO3S2. The van der Waals surface area contributed by atoms with Crippen LogP contribution >= 0.6 is 11.8 Å². The largest absolute Gasteiger partial charge is 0.428 e. The van der Waals surface area contributed by atoms with Crippen LogP contribution in [-0.2, 0) is 9.84 Å². The number of rotatable bonds is 5. The first kappa shape index (κ1) is 18.6. The van der Waals surface area contributed by atoms with Gasteiger partial charge in [0.1, 0.15) is 11.6 Å². The van der Waals surface area contributed by atoms with Gasteiger partial charge in [-0.05, 0) is 48.5 Å². The van der Waals surface area contributed by atoms with Gasteiger partial charge in [-0.1, -0.05) is 25.6 Å². The molecule has 0 atom stereocenters. The number of oxazole rings is 1. The first-order valence-electron chi connectivity index (χ1n) is 7.71. The smallest absolute Gasteiger partial charge is 0.228 e. The fraction of sp³-hybridized carbons (Fsp3) is 0.167. The van der Waals surface area contributed by atoms with Crippen molar-refractivity contribution in [2.24, 2.45) is 0 Å². The van der Waals surface area contributed by atoms with E-state index >= 15 is 0 Å². The number of hydrogen-bond acceptors (Lipinski definition) is 5. The normalized spacial score (nSPS) is 11.9. The molecule has 0 N–H and O–H groups in total. The molecule has 0 saturated heterocycles. The van der Waals surface area contributed by atoms with E-state index in [-0.39, 0.29) is 26.2 Å². The number of benzene rings is 2. The van der Waals surface area contributed by atoms with Crippen molar-refractivity contribution in [1.82, 2.24) is 4.98 Å². The van der Waals surface area contributed by atoms with Crippen LogP contribution in [0.25, 0.3) is 11.5 Å². The molecule has 0 fully saturated rings. The Labute approximate surface area is 154 Å². The highest BCUT2D eigenvalue weighted by molar-refractivity contribution is 8.00. The zero-order valence-corrected chi connectivity index (χ0v) is 15.6. The summed E-state index contributed by atoms with van der Waals surface area (Å²) in [6, 6.07) is 9.90. The van der Waals surface area contributed by atoms with Gasteiger partial charge in [0.15, 0.2) is 0 Å². The topological polar surface area (TPSA) is 60.2 Å². The lowest BCUT2D eigenvalue weighted by Crippen LogP contribution is -2.04. The summed E-state index contributed by atoms with van der Waals surface area (Å²) in [5.74, 6) is -0.877. The van der Waals surface area contributed by atoms with E-state index in [1.807, 2.05) is 13.8 Å². The summed E-state index contributed by atoms with van der Waals surface area (Å²) in [6.07, 6.45) is 0. The fourth-order valence-electron chi connectivity index (χ4n) is 2.19. The minimum Gasteiger partial charge on any atom is -0.428 e. The van der Waals surface area contributed by atoms with Crippen molar-refractivity contribution >= 4 is 21.6 Å². The predicted octanol–water partition coefficient (Wildman–Crippen LogP) is 4.95. The van der Waals surface area contributed by atoms with Gasteiger partial charge in [0.05, 0.1) is 4.90 Å². The Morgan fingerprint density at radius 3 is 2.04 bits per heavy atom. The lowest BCUT2D eigenvalue weighted by Gasteiger charge is -2.05. The van der Waals surface area contributed by atoms with Crippen LogP contribution in [0, 0.1) is 11.6 Å². The molecule has 1 heterocycles. The minimum absolute atomic E-state index is 0.0474. The van der Waals surface area contributed by atoms with Crippen molar-refractivity contribution in [3.63, 3.8) is 0 Å². The van der Waals surface area contributed by atoms with Gasteiger partial charge < -0.3 is 4.42 Å². The molecule has 2 aromatic carbocycles. The summed E-state index contributed by atoms with van der Waals surface area (Å²) in [5.41, 5.74) is 0.456. The molecule has 3 aromatic rings. The molecule has 136 valence electrons. The Hall–Kier alpha value is -2.19. The molecule has 1 aromatic heterocycles. The maximum Gasteiger partial charge on any atom is 0.228 e. The second-order valence-corrected chi connectivity index (χ2v) is 9.16. The zero-order valence-electron chi connectivity index (χ0n) is 13.9. The Kier molecular flexibility index (Phi) is 5.15. The van der Waals surface area contributed by atoms with Gasteiger partial charge in [-0.15, -0.1) is 0 Å². The number of nitrogens with zero attached hydrogens (tertiary/aromatic N) is 1. The van der Waals surface area contributed by atoms with Gasteiger partial charge in [0.25, 0.3) is 0 Å². The van der Waals surface area contributed by atoms with E-state index < -0.39 is 21.5 Å². The van der Waals surface area contributed by atoms with Gasteiger partial charge in [-0.3, -0.25) is 0 Å². The number of hydrogen-bond donors (Lipinski definition) is 0. The van der Waals surface area contributed by atoms with Crippen LogP contribution in [0.4, 0.5) is 8.78 Å². The second kappa shape index (κ2) is 7.20. The summed E-state index contributed by atoms with van der Waals surface area (Å²) in [7, 11) is -3.99. The Balaban J connectivity index is 2.12. The van der Waals surface area contributed by atoms with E-state index in [0.29, 0.717) is 5.56 Å². The van der Waals surface area contributed by atoms with Crippen molar-refractivity contribution in [3.05, 3.63) is 60.2 Å². The Bertz CT molecular complexity index is 1010. The number of thioether (sulfide) groups is 1. The number of aromatic nitrogens is 1. The molecule has 0 radical (unpaired) electrons. The maximum atomic E-state index is 13.1. The van der Waals surface area contributed by atoms with Crippen LogP contribution < -0.4 is 0 Å². The molecule has 0 aliphatic heterocycles. The van der Waals surface area contributed by atoms with E-state index in [2.05, 4.69) is 4.98 Å². The van der Waals surface area contributed by atoms with Crippen LogP contribution in [0.3, 0.4) is 0 Å². The number of sulfone groups is 1. The van der Waals surface area contributed by atoms with Crippen LogP contribution in [0.5, 0.6) is 0 Å². The van der Waals surface area contributed by atoms with Crippen molar-refractivity contribution in [2.45, 2.75) is 34.1 Å². The Morgan fingerprint density at radius 1 is 0.962 bits per heavy atom. The molecule has 26 heavy (non-hydrogen) atoms. The predicted molar refractivity (Wildman–Crippen MR) is 94.7 cm³/mol. The third-order valence-electron chi connectivity index (χ3n) is 3.38. The summed E-state index contributed by atoms with van der Waals surface area (Å²) in [6.45, 7) is 3.78. The van der Waals surface area contributed by atoms with Crippen molar-refractivity contribution in [1.29, 1.82) is 0 Å². The molecule has 0 spiro atoms. The third-order valence-corrected chi connectivity index (χ3v) is 6.15. The Morgan fingerprint density at radius 2 is 1.50 bits per heavy atom. The summed E-state index contributed by atoms with van der Waals surface area (Å²) < 4.78 is 57.8. The maximum absolute atomic E-state index is 13.1. The highest BCUT2D eigenvalue weighted by Gasteiger charge is 2.29. The molecular weight excluding hydrogens is 380 g/mol. The lowest BCUT2D eigenvalue weighted by molar-refractivity contribution is 0.469. The molecule has 8 heteroatoms. The number of halogens is 2. The van der Waals surface area contributed by atoms with Crippen LogP contribution in [0.15, 0.2) is 68.0 Å². The average Bonchev–Trinajstić information content (AvgIpc) is 3.00. The molecule has 0 amide bonds. The van der Waals surface area contributed by atoms with Gasteiger partial charge in [0.2, 0.25) is 25.8 Å². The first-order valence-corrected chi connectivity index (χ1v) is 10.1. The molecule has 0 saturated carbocycles. The first-order chi connectivity index (χ1) is 12.3. The van der Waals surface area contributed by atoms with Crippen LogP contribution in [0.1, 0.15) is 13.8 Å². The summed E-state index contributed by atoms with van der Waals surface area (Å²) >= 11 is 1.21. The van der Waals surface area contributed by atoms with E-state index in [4.69, 9.17) is 4.42 Å². The van der Waals surface area contributed by atoms with E-state index in [9.17, 15) is 17.2 Å². The van der Waals surface area contributed by atoms with Crippen molar-refractivity contribution in [3.8, 4) is 11.5 Å². The molecule has 0 unspecified atom stereocenters. The third kappa shape index (κ3) is 3.81. The molecule has 4 nitrogen and oxygen atoms in total. The van der Waals surface area contributed by atoms with E-state index in [0.717, 1.165) is 12.1 Å². The van der Waals surface area contributed by atoms with Crippen LogP contribution in [0.2, 0.25) is 0 Å². The van der Waals surface area contributed by atoms with Gasteiger partial charge in [0, 0.05) is 10.8 Å². The minimum atomic E-state index is -3.99. The standard InChI is InChI=1S/C18H15F2NO3S2/c1-11(2)25-18-17(26(22,23)15-9-7-14(20)8-10-15)21-16(24-18)12-3-5-13(19)6-4-12/h3-11H,1-2H3. The molecule has 0 aliphatic carbocycles. The molecule has 0 aliphatic rings. The second-order valence-electron chi connectivity index (χ2n) is 5.74. The van der Waals surface area contributed by atoms with Crippen molar-refractivity contribution in [2.75, 3.05) is 0 Å². The van der Waals surface area contributed by atoms with E-state index in [1.165, 1.54) is 48.2 Å². The van der Waals surface area contributed by atoms with Crippen LogP contribution in [-0.4, -0.2) is 18.7 Å². The summed E-state index contributed by atoms with van der Waals surface area (Å²) in [4.78, 5) is 4.06. The van der Waals surface area contributed by atoms with Gasteiger partial charge in [-0.25, -0.2) is 17.2 Å². The SMILES string of the molecule is CC(C)Sc1oc(-c2ccc(F)cc2)nc1S(=O)(=O)c1ccc(F)cc1. The van der Waals surface area contributed by atoms with Crippen molar-refractivity contribution < 1.29 is 21.6 Å². The fourth-order valence-corrected chi connectivity index (χ4v) is 4.55. The highest BCUT2D eigenvalue weighted by atomic mass is 32.2. The monoisotopic (exact) mass is 395 g/mol. The molecule has 0 bridgehead atoms. The average molecular weight is 395 g/mol. The van der Waals surface area contributed by atoms with Gasteiger partial charge >= 0.3 is 0 Å². The molecule has 3 rings (SSSR count). The lowest BCUT2D eigenvalue weighted by atomic mass is 10.2.